The third-order valence-electron chi connectivity index (χ3n) is 1.64. The maximum atomic E-state index is 3.15. The predicted octanol–water partition coefficient (Wildman–Crippen LogP) is 2.51. The number of hydrazine groups is 1. The quantitative estimate of drug-likeness (QED) is 0.426. The summed E-state index contributed by atoms with van der Waals surface area (Å²) in [5.41, 5.74) is 0. The monoisotopic (exact) mass is 228 g/mol. The summed E-state index contributed by atoms with van der Waals surface area (Å²) in [6, 6.07) is 0. The standard InChI is InChI=1S/C8H16N2S2.Na.H/c1-2-3-4-5-7-12-10-6-8-11-9-10;;/h6,8-9H,2-5,7H2,1H3;;. The number of unbranched alkanes of at least 4 members (excludes halogenated alkanes) is 3. The topological polar surface area (TPSA) is 15.3 Å². The van der Waals surface area contributed by atoms with Crippen LogP contribution in [0.3, 0.4) is 0 Å². The summed E-state index contributed by atoms with van der Waals surface area (Å²) in [7, 11) is 0. The van der Waals surface area contributed by atoms with Crippen LogP contribution in [0.1, 0.15) is 32.6 Å². The Labute approximate surface area is 112 Å². The molecular formula is C8H17N2NaS2. The molecule has 0 saturated carbocycles. The molecule has 2 nitrogen and oxygen atoms in total. The fraction of sp³-hybridized carbons (Fsp3) is 0.750. The van der Waals surface area contributed by atoms with Gasteiger partial charge in [0.15, 0.2) is 0 Å². The van der Waals surface area contributed by atoms with Crippen LogP contribution in [0.4, 0.5) is 0 Å². The van der Waals surface area contributed by atoms with E-state index >= 15 is 0 Å². The molecule has 5 heteroatoms. The van der Waals surface area contributed by atoms with Gasteiger partial charge in [-0.3, -0.25) is 0 Å². The van der Waals surface area contributed by atoms with Gasteiger partial charge in [0.1, 0.15) is 0 Å². The summed E-state index contributed by atoms with van der Waals surface area (Å²) in [6.45, 7) is 2.24. The first-order valence-corrected chi connectivity index (χ1v) is 6.26. The van der Waals surface area contributed by atoms with Crippen LogP contribution in [0.15, 0.2) is 11.6 Å². The fourth-order valence-corrected chi connectivity index (χ4v) is 2.46. The Morgan fingerprint density at radius 3 is 2.85 bits per heavy atom. The van der Waals surface area contributed by atoms with Crippen LogP contribution >= 0.6 is 23.9 Å². The second kappa shape index (κ2) is 9.74. The Morgan fingerprint density at radius 1 is 1.38 bits per heavy atom. The fourth-order valence-electron chi connectivity index (χ4n) is 0.960. The van der Waals surface area contributed by atoms with Crippen LogP contribution < -0.4 is 4.83 Å². The van der Waals surface area contributed by atoms with E-state index in [-0.39, 0.29) is 29.6 Å². The van der Waals surface area contributed by atoms with Crippen LogP contribution in [-0.4, -0.2) is 39.7 Å². The molecule has 0 aromatic carbocycles. The summed E-state index contributed by atoms with van der Waals surface area (Å²) in [5.74, 6) is 1.22. The first-order chi connectivity index (χ1) is 5.93. The minimum absolute atomic E-state index is 0. The predicted molar refractivity (Wildman–Crippen MR) is 65.5 cm³/mol. The summed E-state index contributed by atoms with van der Waals surface area (Å²) in [6.07, 6.45) is 7.46. The zero-order chi connectivity index (χ0) is 8.65. The van der Waals surface area contributed by atoms with Crippen molar-refractivity contribution in [1.29, 1.82) is 0 Å². The average molecular weight is 228 g/mol. The first kappa shape index (κ1) is 14.2. The molecule has 1 rings (SSSR count). The van der Waals surface area contributed by atoms with Gasteiger partial charge < -0.3 is 0 Å². The van der Waals surface area contributed by atoms with Crippen LogP contribution in [0.5, 0.6) is 0 Å². The van der Waals surface area contributed by atoms with Gasteiger partial charge in [-0.25, -0.2) is 4.41 Å². The SMILES string of the molecule is CCCCCCSN1C=CSN1.[NaH]. The summed E-state index contributed by atoms with van der Waals surface area (Å²) in [4.78, 5) is 3.15. The zero-order valence-electron chi connectivity index (χ0n) is 7.45. The van der Waals surface area contributed by atoms with E-state index in [1.54, 1.807) is 11.9 Å². The molecular weight excluding hydrogens is 211 g/mol. The molecule has 0 radical (unpaired) electrons. The van der Waals surface area contributed by atoms with Gasteiger partial charge in [0, 0.05) is 17.4 Å². The van der Waals surface area contributed by atoms with Crippen molar-refractivity contribution in [2.45, 2.75) is 32.6 Å². The van der Waals surface area contributed by atoms with Gasteiger partial charge in [0.05, 0.1) is 0 Å². The van der Waals surface area contributed by atoms with Crippen LogP contribution in [0, 0.1) is 0 Å². The molecule has 0 spiro atoms. The van der Waals surface area contributed by atoms with E-state index in [4.69, 9.17) is 0 Å². The summed E-state index contributed by atoms with van der Waals surface area (Å²) >= 11 is 3.47. The van der Waals surface area contributed by atoms with Crippen LogP contribution in [0.2, 0.25) is 0 Å². The maximum absolute atomic E-state index is 3.15. The Bertz CT molecular complexity index is 144. The van der Waals surface area contributed by atoms with E-state index in [2.05, 4.69) is 27.8 Å². The van der Waals surface area contributed by atoms with Crippen molar-refractivity contribution in [2.24, 2.45) is 0 Å². The molecule has 1 heterocycles. The minimum atomic E-state index is 0. The van der Waals surface area contributed by atoms with E-state index in [0.29, 0.717) is 0 Å². The first-order valence-electron chi connectivity index (χ1n) is 4.43. The van der Waals surface area contributed by atoms with E-state index in [9.17, 15) is 0 Å². The molecule has 1 aliphatic rings. The summed E-state index contributed by atoms with van der Waals surface area (Å²) in [5, 5.41) is 2.05. The van der Waals surface area contributed by atoms with Gasteiger partial charge in [-0.15, -0.1) is 0 Å². The van der Waals surface area contributed by atoms with Crippen molar-refractivity contribution in [3.05, 3.63) is 11.6 Å². The molecule has 0 fully saturated rings. The Morgan fingerprint density at radius 2 is 2.23 bits per heavy atom. The molecule has 1 N–H and O–H groups in total. The number of rotatable bonds is 6. The van der Waals surface area contributed by atoms with Crippen molar-refractivity contribution in [1.82, 2.24) is 9.25 Å². The third kappa shape index (κ3) is 7.17. The number of nitrogens with zero attached hydrogens (tertiary/aromatic N) is 1. The van der Waals surface area contributed by atoms with Gasteiger partial charge in [0.2, 0.25) is 0 Å². The number of hydrogen-bond donors (Lipinski definition) is 1. The molecule has 72 valence electrons. The van der Waals surface area contributed by atoms with Crippen LogP contribution in [0.25, 0.3) is 0 Å². The van der Waals surface area contributed by atoms with Gasteiger partial charge in [-0.05, 0) is 30.3 Å². The number of hydrogen-bond acceptors (Lipinski definition) is 4. The molecule has 0 aromatic heterocycles. The van der Waals surface area contributed by atoms with E-state index in [1.807, 2.05) is 11.9 Å². The Balaban J connectivity index is 0.00000144. The van der Waals surface area contributed by atoms with Crippen LogP contribution in [-0.2, 0) is 0 Å². The third-order valence-corrected chi connectivity index (χ3v) is 3.27. The average Bonchev–Trinajstić information content (AvgIpc) is 2.57. The molecule has 1 aliphatic heterocycles. The van der Waals surface area contributed by atoms with Gasteiger partial charge >= 0.3 is 29.6 Å². The van der Waals surface area contributed by atoms with Crippen molar-refractivity contribution < 1.29 is 0 Å². The van der Waals surface area contributed by atoms with Crippen molar-refractivity contribution in [2.75, 3.05) is 5.75 Å². The second-order valence-corrected chi connectivity index (χ2v) is 4.46. The molecule has 0 saturated heterocycles. The van der Waals surface area contributed by atoms with Gasteiger partial charge in [-0.2, -0.15) is 4.83 Å². The molecule has 0 aromatic rings. The van der Waals surface area contributed by atoms with Crippen molar-refractivity contribution >= 4 is 53.5 Å². The summed E-state index contributed by atoms with van der Waals surface area (Å²) < 4.78 is 2.07. The molecule has 13 heavy (non-hydrogen) atoms. The van der Waals surface area contributed by atoms with E-state index < -0.39 is 0 Å². The molecule has 0 bridgehead atoms. The molecule has 0 atom stereocenters. The van der Waals surface area contributed by atoms with Gasteiger partial charge in [-0.1, -0.05) is 26.2 Å². The molecule has 0 amide bonds. The number of nitrogens with one attached hydrogen (secondary N) is 1. The van der Waals surface area contributed by atoms with Crippen molar-refractivity contribution in [3.63, 3.8) is 0 Å². The van der Waals surface area contributed by atoms with E-state index in [0.717, 1.165) is 0 Å². The van der Waals surface area contributed by atoms with E-state index in [1.165, 1.54) is 31.4 Å². The second-order valence-electron chi connectivity index (χ2n) is 2.71. The Kier molecular flexibility index (Phi) is 10.6. The normalized spacial score (nSPS) is 14.7. The zero-order valence-corrected chi connectivity index (χ0v) is 9.09. The van der Waals surface area contributed by atoms with Gasteiger partial charge in [0.25, 0.3) is 0 Å². The van der Waals surface area contributed by atoms with Crippen molar-refractivity contribution in [3.8, 4) is 0 Å². The molecule has 0 unspecified atom stereocenters. The molecule has 0 aliphatic carbocycles. The Hall–Kier alpha value is 1.20.